The zero-order chi connectivity index (χ0) is 31.8. The van der Waals surface area contributed by atoms with E-state index in [1.807, 2.05) is 0 Å². The van der Waals surface area contributed by atoms with Crippen LogP contribution in [0.5, 0.6) is 0 Å². The molecule has 2 aromatic carbocycles. The first-order valence-corrected chi connectivity index (χ1v) is 14.4. The lowest BCUT2D eigenvalue weighted by atomic mass is 10.0. The largest absolute Gasteiger partial charge is 0.384 e. The number of hydrogen-bond acceptors (Lipinski definition) is 6. The number of alkyl halides is 3. The average Bonchev–Trinajstić information content (AvgIpc) is 3.69. The van der Waals surface area contributed by atoms with E-state index in [0.717, 1.165) is 4.90 Å². The molecule has 1 saturated heterocycles. The van der Waals surface area contributed by atoms with E-state index < -0.39 is 67.5 Å². The van der Waals surface area contributed by atoms with Gasteiger partial charge in [-0.2, -0.15) is 8.78 Å². The van der Waals surface area contributed by atoms with Crippen molar-refractivity contribution in [1.82, 2.24) is 15.5 Å². The highest BCUT2D eigenvalue weighted by Gasteiger charge is 2.49. The summed E-state index contributed by atoms with van der Waals surface area (Å²) in [7, 11) is 0. The molecule has 1 unspecified atom stereocenters. The van der Waals surface area contributed by atoms with Crippen LogP contribution in [0.1, 0.15) is 51.3 Å². The maximum atomic E-state index is 15.6. The van der Waals surface area contributed by atoms with Gasteiger partial charge in [-0.25, -0.2) is 4.39 Å². The van der Waals surface area contributed by atoms with Crippen molar-refractivity contribution in [3.8, 4) is 11.1 Å². The number of amidine groups is 1. The molecule has 1 aliphatic carbocycles. The minimum atomic E-state index is -3.21. The van der Waals surface area contributed by atoms with Crippen LogP contribution < -0.4 is 16.4 Å². The Morgan fingerprint density at radius 1 is 1.16 bits per heavy atom. The van der Waals surface area contributed by atoms with Crippen LogP contribution in [0.4, 0.5) is 13.2 Å². The number of benzene rings is 2. The quantitative estimate of drug-likeness (QED) is 0.0909. The molecule has 3 atom stereocenters. The predicted octanol–water partition coefficient (Wildman–Crippen LogP) is 4.38. The molecule has 3 aromatic rings. The number of nitrogens with zero attached hydrogens (tertiary/aromatic N) is 4. The van der Waals surface area contributed by atoms with Crippen LogP contribution in [0, 0.1) is 5.41 Å². The number of thiophene rings is 1. The summed E-state index contributed by atoms with van der Waals surface area (Å²) >= 11 is 1.27. The maximum absolute atomic E-state index is 15.6. The average molecular weight is 625 g/mol. The third kappa shape index (κ3) is 5.71. The lowest BCUT2D eigenvalue weighted by Crippen LogP contribution is -2.49. The van der Waals surface area contributed by atoms with Crippen molar-refractivity contribution < 1.29 is 27.6 Å². The Bertz CT molecular complexity index is 1720. The molecular weight excluding hydrogens is 597 g/mol. The van der Waals surface area contributed by atoms with Gasteiger partial charge in [0.2, 0.25) is 11.8 Å². The summed E-state index contributed by atoms with van der Waals surface area (Å²) in [4.78, 5) is 43.8. The molecule has 44 heavy (non-hydrogen) atoms. The molecule has 228 valence electrons. The summed E-state index contributed by atoms with van der Waals surface area (Å²) in [6.07, 6.45) is -0.439. The molecule has 0 saturated carbocycles. The number of carbonyl (C=O) groups is 3. The van der Waals surface area contributed by atoms with Crippen molar-refractivity contribution >= 4 is 34.9 Å². The first kappa shape index (κ1) is 30.6. The number of likely N-dealkylation sites (tertiary alicyclic amines) is 1. The molecule has 1 fully saturated rings. The van der Waals surface area contributed by atoms with Crippen LogP contribution in [0.15, 0.2) is 59.0 Å². The normalized spacial score (nSPS) is 20.2. The second-order valence-corrected chi connectivity index (χ2v) is 11.7. The number of amides is 3. The zero-order valence-electron chi connectivity index (χ0n) is 23.3. The van der Waals surface area contributed by atoms with Gasteiger partial charge >= 0.3 is 0 Å². The Morgan fingerprint density at radius 2 is 1.89 bits per heavy atom. The number of fused-ring (bicyclic) bond motifs is 3. The minimum absolute atomic E-state index is 0.0395. The van der Waals surface area contributed by atoms with Crippen LogP contribution in [0.25, 0.3) is 21.6 Å². The smallest absolute Gasteiger partial charge is 0.299 e. The van der Waals surface area contributed by atoms with Gasteiger partial charge in [0.05, 0.1) is 25.7 Å². The van der Waals surface area contributed by atoms with E-state index in [-0.39, 0.29) is 28.1 Å². The van der Waals surface area contributed by atoms with Crippen molar-refractivity contribution in [3.05, 3.63) is 91.5 Å². The molecule has 11 nitrogen and oxygen atoms in total. The Morgan fingerprint density at radius 3 is 2.59 bits per heavy atom. The summed E-state index contributed by atoms with van der Waals surface area (Å²) in [6, 6.07) is 9.56. The van der Waals surface area contributed by atoms with Gasteiger partial charge < -0.3 is 21.3 Å². The molecule has 5 N–H and O–H groups in total. The summed E-state index contributed by atoms with van der Waals surface area (Å²) in [6.45, 7) is -0.0759. The number of nitrogens with one attached hydrogen (secondary N) is 3. The van der Waals surface area contributed by atoms with E-state index >= 15 is 4.39 Å². The molecule has 2 aliphatic rings. The van der Waals surface area contributed by atoms with Crippen molar-refractivity contribution in [1.29, 1.82) is 5.41 Å². The monoisotopic (exact) mass is 624 g/mol. The first-order chi connectivity index (χ1) is 20.8. The zero-order valence-corrected chi connectivity index (χ0v) is 24.1. The fourth-order valence-corrected chi connectivity index (χ4v) is 6.40. The van der Waals surface area contributed by atoms with Crippen molar-refractivity contribution in [3.63, 3.8) is 0 Å². The lowest BCUT2D eigenvalue weighted by Gasteiger charge is -2.25. The van der Waals surface area contributed by atoms with Crippen LogP contribution in [0.2, 0.25) is 0 Å². The maximum Gasteiger partial charge on any atom is 0.299 e. The molecular formula is C29H27F3N8O3S. The minimum Gasteiger partial charge on any atom is -0.384 e. The van der Waals surface area contributed by atoms with Crippen LogP contribution >= 0.6 is 11.3 Å². The second-order valence-electron chi connectivity index (χ2n) is 10.7. The van der Waals surface area contributed by atoms with E-state index in [9.17, 15) is 23.2 Å². The highest BCUT2D eigenvalue weighted by atomic mass is 32.1. The Hall–Kier alpha value is -4.88. The standard InChI is InChI=1S/C29H27F3N8O3S/c1-15(23-9-17(12-44-23)25(33)34)38-27(43)22-10-28(30,13-37-39-35)14-40(22)24(41)11-36-26(42)16-6-7-21-19(8-16)18-4-2-3-5-20(18)29(21,31)32/h2-9,12,15,22H,10-11,13-14H2,1H3,(H3,33,34)(H,36,42)(H,38,43)/t15?,22-,28-/m0/s1. The van der Waals surface area contributed by atoms with Gasteiger partial charge in [-0.1, -0.05) is 35.4 Å². The number of azide groups is 1. The molecule has 5 rings (SSSR count). The molecule has 0 spiro atoms. The molecule has 0 radical (unpaired) electrons. The van der Waals surface area contributed by atoms with E-state index in [1.165, 1.54) is 41.7 Å². The predicted molar refractivity (Wildman–Crippen MR) is 157 cm³/mol. The summed E-state index contributed by atoms with van der Waals surface area (Å²) in [5, 5.41) is 17.7. The first-order valence-electron chi connectivity index (χ1n) is 13.5. The number of carbonyl (C=O) groups excluding carboxylic acids is 3. The molecule has 0 bridgehead atoms. The van der Waals surface area contributed by atoms with Gasteiger partial charge in [0.25, 0.3) is 11.8 Å². The number of hydrogen-bond donors (Lipinski definition) is 4. The number of rotatable bonds is 9. The summed E-state index contributed by atoms with van der Waals surface area (Å²) in [5.41, 5.74) is 12.7. The van der Waals surface area contributed by atoms with Gasteiger partial charge in [0, 0.05) is 43.8 Å². The highest BCUT2D eigenvalue weighted by Crippen LogP contribution is 2.50. The van der Waals surface area contributed by atoms with Gasteiger partial charge in [-0.05, 0) is 41.8 Å². The molecule has 15 heteroatoms. The third-order valence-corrected chi connectivity index (χ3v) is 8.84. The second kappa shape index (κ2) is 11.7. The Labute approximate surface area is 253 Å². The van der Waals surface area contributed by atoms with Gasteiger partial charge in [-0.3, -0.25) is 19.8 Å². The molecule has 3 amide bonds. The molecule has 1 aliphatic heterocycles. The third-order valence-electron chi connectivity index (χ3n) is 7.72. The summed E-state index contributed by atoms with van der Waals surface area (Å²) in [5.74, 6) is -5.49. The van der Waals surface area contributed by atoms with Gasteiger partial charge in [0.1, 0.15) is 17.5 Å². The highest BCUT2D eigenvalue weighted by molar-refractivity contribution is 7.10. The van der Waals surface area contributed by atoms with E-state index in [1.54, 1.807) is 30.5 Å². The van der Waals surface area contributed by atoms with Crippen molar-refractivity contribution in [2.24, 2.45) is 10.8 Å². The number of halogens is 3. The van der Waals surface area contributed by atoms with E-state index in [0.29, 0.717) is 16.0 Å². The van der Waals surface area contributed by atoms with Crippen LogP contribution in [-0.4, -0.2) is 59.8 Å². The van der Waals surface area contributed by atoms with Gasteiger partial charge in [0.15, 0.2) is 0 Å². The van der Waals surface area contributed by atoms with E-state index in [4.69, 9.17) is 16.7 Å². The number of nitrogens with two attached hydrogens (primary N) is 1. The molecule has 1 aromatic heterocycles. The van der Waals surface area contributed by atoms with Crippen LogP contribution in [0.3, 0.4) is 0 Å². The van der Waals surface area contributed by atoms with Crippen LogP contribution in [-0.2, 0) is 15.5 Å². The Balaban J connectivity index is 1.29. The fourth-order valence-electron chi connectivity index (χ4n) is 5.49. The van der Waals surface area contributed by atoms with Crippen molar-refractivity contribution in [2.45, 2.75) is 37.0 Å². The number of nitrogen functional groups attached to an aromatic ring is 1. The SMILES string of the molecule is CC(NC(=O)[C@@H]1C[C@](F)(CN=[N+]=[N-])CN1C(=O)CNC(=O)c1ccc2c(c1)-c1ccccc1C2(F)F)c1cc(C(=N)N)cs1. The Kier molecular flexibility index (Phi) is 8.10. The topological polar surface area (TPSA) is 177 Å². The van der Waals surface area contributed by atoms with E-state index in [2.05, 4.69) is 20.7 Å². The summed E-state index contributed by atoms with van der Waals surface area (Å²) < 4.78 is 45.4. The fraction of sp³-hybridized carbons (Fsp3) is 0.310. The van der Waals surface area contributed by atoms with Crippen molar-refractivity contribution in [2.75, 3.05) is 19.6 Å². The molecule has 2 heterocycles. The van der Waals surface area contributed by atoms with Gasteiger partial charge in [-0.15, -0.1) is 11.3 Å². The lowest BCUT2D eigenvalue weighted by molar-refractivity contribution is -0.138.